The van der Waals surface area contributed by atoms with E-state index in [2.05, 4.69) is 47.0 Å². The van der Waals surface area contributed by atoms with Gasteiger partial charge in [-0.1, -0.05) is 54.6 Å². The van der Waals surface area contributed by atoms with Crippen LogP contribution in [0.1, 0.15) is 5.56 Å². The van der Waals surface area contributed by atoms with Crippen molar-refractivity contribution in [2.24, 2.45) is 0 Å². The Morgan fingerprint density at radius 3 is 2.11 bits per heavy atom. The summed E-state index contributed by atoms with van der Waals surface area (Å²) >= 11 is 0. The average molecular weight is 361 g/mol. The van der Waals surface area contributed by atoms with Crippen molar-refractivity contribution in [3.63, 3.8) is 0 Å². The molecule has 3 aromatic rings. The summed E-state index contributed by atoms with van der Waals surface area (Å²) in [4.78, 5) is 22.0. The molecule has 0 heterocycles. The van der Waals surface area contributed by atoms with Gasteiger partial charge >= 0.3 is 6.03 Å². The van der Waals surface area contributed by atoms with E-state index in [9.17, 15) is 14.9 Å². The lowest BCUT2D eigenvalue weighted by Gasteiger charge is -2.08. The van der Waals surface area contributed by atoms with Gasteiger partial charge in [0.15, 0.2) is 0 Å². The number of nitrogens with one attached hydrogen (secondary N) is 2. The Bertz CT molecular complexity index is 908. The minimum Gasteiger partial charge on any atom is -0.338 e. The molecule has 0 radical (unpaired) electrons. The standard InChI is InChI=1S/C21H19N3O3/c25-21(23-19-10-12-20(13-11-19)24(26)27)22-15-14-16-6-8-18(9-7-16)17-4-2-1-3-5-17/h1-13H,14-15H2,(H2,22,23,25). The molecule has 0 aliphatic carbocycles. The smallest absolute Gasteiger partial charge is 0.319 e. The number of carbonyl (C=O) groups is 1. The number of non-ortho nitro benzene ring substituents is 1. The number of amides is 2. The second-order valence-electron chi connectivity index (χ2n) is 6.00. The largest absolute Gasteiger partial charge is 0.338 e. The van der Waals surface area contributed by atoms with Crippen molar-refractivity contribution in [3.8, 4) is 11.1 Å². The van der Waals surface area contributed by atoms with Gasteiger partial charge in [0.2, 0.25) is 0 Å². The van der Waals surface area contributed by atoms with E-state index in [1.54, 1.807) is 0 Å². The molecule has 2 N–H and O–H groups in total. The number of anilines is 1. The van der Waals surface area contributed by atoms with Crippen LogP contribution in [0, 0.1) is 10.1 Å². The summed E-state index contributed by atoms with van der Waals surface area (Å²) in [6.07, 6.45) is 0.711. The minimum absolute atomic E-state index is 0.0140. The predicted octanol–water partition coefficient (Wildman–Crippen LogP) is 4.63. The van der Waals surface area contributed by atoms with E-state index in [0.717, 1.165) is 11.1 Å². The molecule has 0 aromatic heterocycles. The lowest BCUT2D eigenvalue weighted by Crippen LogP contribution is -2.30. The maximum Gasteiger partial charge on any atom is 0.319 e. The van der Waals surface area contributed by atoms with Gasteiger partial charge in [-0.3, -0.25) is 10.1 Å². The monoisotopic (exact) mass is 361 g/mol. The molecule has 2 amide bonds. The van der Waals surface area contributed by atoms with Crippen molar-refractivity contribution in [2.45, 2.75) is 6.42 Å². The Hall–Kier alpha value is -3.67. The summed E-state index contributed by atoms with van der Waals surface area (Å²) < 4.78 is 0. The number of nitro groups is 1. The van der Waals surface area contributed by atoms with Crippen LogP contribution in [-0.2, 0) is 6.42 Å². The minimum atomic E-state index is -0.479. The highest BCUT2D eigenvalue weighted by atomic mass is 16.6. The third kappa shape index (κ3) is 5.15. The number of rotatable bonds is 6. The first kappa shape index (κ1) is 18.1. The fourth-order valence-corrected chi connectivity index (χ4v) is 2.66. The highest BCUT2D eigenvalue weighted by molar-refractivity contribution is 5.89. The SMILES string of the molecule is O=C(NCCc1ccc(-c2ccccc2)cc1)Nc1ccc([N+](=O)[O-])cc1. The van der Waals surface area contributed by atoms with Crippen molar-refractivity contribution in [1.29, 1.82) is 0 Å². The summed E-state index contributed by atoms with van der Waals surface area (Å²) in [5.41, 5.74) is 3.95. The van der Waals surface area contributed by atoms with E-state index in [0.29, 0.717) is 18.7 Å². The summed E-state index contributed by atoms with van der Waals surface area (Å²) in [7, 11) is 0. The third-order valence-electron chi connectivity index (χ3n) is 4.10. The lowest BCUT2D eigenvalue weighted by molar-refractivity contribution is -0.384. The van der Waals surface area contributed by atoms with Gasteiger partial charge in [0.25, 0.3) is 5.69 Å². The van der Waals surface area contributed by atoms with Crippen LogP contribution in [0.5, 0.6) is 0 Å². The van der Waals surface area contributed by atoms with Gasteiger partial charge in [0.1, 0.15) is 0 Å². The number of hydrogen-bond donors (Lipinski definition) is 2. The van der Waals surface area contributed by atoms with Gasteiger partial charge in [-0.05, 0) is 35.2 Å². The average Bonchev–Trinajstić information content (AvgIpc) is 2.69. The summed E-state index contributed by atoms with van der Waals surface area (Å²) in [6, 6.07) is 23.8. The number of hydrogen-bond acceptors (Lipinski definition) is 3. The Balaban J connectivity index is 1.46. The molecule has 27 heavy (non-hydrogen) atoms. The zero-order valence-corrected chi connectivity index (χ0v) is 14.6. The van der Waals surface area contributed by atoms with Gasteiger partial charge in [0.05, 0.1) is 4.92 Å². The Morgan fingerprint density at radius 1 is 0.852 bits per heavy atom. The van der Waals surface area contributed by atoms with Crippen LogP contribution in [0.2, 0.25) is 0 Å². The van der Waals surface area contributed by atoms with Crippen molar-refractivity contribution in [2.75, 3.05) is 11.9 Å². The van der Waals surface area contributed by atoms with Crippen LogP contribution in [0.25, 0.3) is 11.1 Å². The third-order valence-corrected chi connectivity index (χ3v) is 4.10. The number of nitro benzene ring substituents is 1. The number of nitrogens with zero attached hydrogens (tertiary/aromatic N) is 1. The van der Waals surface area contributed by atoms with Crippen LogP contribution in [0.4, 0.5) is 16.2 Å². The number of carbonyl (C=O) groups excluding carboxylic acids is 1. The molecule has 0 unspecified atom stereocenters. The Kier molecular flexibility index (Phi) is 5.79. The molecule has 6 heteroatoms. The number of urea groups is 1. The molecule has 0 fully saturated rings. The summed E-state index contributed by atoms with van der Waals surface area (Å²) in [6.45, 7) is 0.490. The Morgan fingerprint density at radius 2 is 1.48 bits per heavy atom. The lowest BCUT2D eigenvalue weighted by atomic mass is 10.0. The van der Waals surface area contributed by atoms with Gasteiger partial charge in [-0.15, -0.1) is 0 Å². The zero-order chi connectivity index (χ0) is 19.1. The first-order chi connectivity index (χ1) is 13.1. The van der Waals surface area contributed by atoms with E-state index >= 15 is 0 Å². The topological polar surface area (TPSA) is 84.3 Å². The van der Waals surface area contributed by atoms with E-state index in [4.69, 9.17) is 0 Å². The van der Waals surface area contributed by atoms with Gasteiger partial charge in [0, 0.05) is 24.4 Å². The van der Waals surface area contributed by atoms with Crippen molar-refractivity contribution in [1.82, 2.24) is 5.32 Å². The van der Waals surface area contributed by atoms with Crippen molar-refractivity contribution < 1.29 is 9.72 Å². The summed E-state index contributed by atoms with van der Waals surface area (Å²) in [5, 5.41) is 16.0. The van der Waals surface area contributed by atoms with Gasteiger partial charge in [-0.25, -0.2) is 4.79 Å². The maximum absolute atomic E-state index is 11.9. The van der Waals surface area contributed by atoms with Gasteiger partial charge in [-0.2, -0.15) is 0 Å². The normalized spacial score (nSPS) is 10.2. The van der Waals surface area contributed by atoms with E-state index in [1.807, 2.05) is 18.2 Å². The highest BCUT2D eigenvalue weighted by Crippen LogP contribution is 2.19. The molecular formula is C21H19N3O3. The molecule has 136 valence electrons. The van der Waals surface area contributed by atoms with E-state index in [1.165, 1.54) is 29.8 Å². The molecule has 0 saturated carbocycles. The van der Waals surface area contributed by atoms with Crippen LogP contribution in [-0.4, -0.2) is 17.5 Å². The second-order valence-corrected chi connectivity index (χ2v) is 6.00. The molecule has 6 nitrogen and oxygen atoms in total. The highest BCUT2D eigenvalue weighted by Gasteiger charge is 2.06. The first-order valence-electron chi connectivity index (χ1n) is 8.55. The molecule has 0 saturated heterocycles. The second kappa shape index (κ2) is 8.62. The van der Waals surface area contributed by atoms with Crippen molar-refractivity contribution in [3.05, 3.63) is 94.5 Å². The molecule has 3 aromatic carbocycles. The van der Waals surface area contributed by atoms with Gasteiger partial charge < -0.3 is 10.6 Å². The van der Waals surface area contributed by atoms with Crippen LogP contribution < -0.4 is 10.6 Å². The van der Waals surface area contributed by atoms with E-state index in [-0.39, 0.29) is 11.7 Å². The van der Waals surface area contributed by atoms with E-state index < -0.39 is 4.92 Å². The quantitative estimate of drug-likeness (QED) is 0.496. The zero-order valence-electron chi connectivity index (χ0n) is 14.6. The first-order valence-corrected chi connectivity index (χ1v) is 8.55. The molecular weight excluding hydrogens is 342 g/mol. The predicted molar refractivity (Wildman–Crippen MR) is 106 cm³/mol. The molecule has 0 aliphatic heterocycles. The van der Waals surface area contributed by atoms with Crippen molar-refractivity contribution >= 4 is 17.4 Å². The molecule has 0 spiro atoms. The molecule has 0 atom stereocenters. The molecule has 0 bridgehead atoms. The fourth-order valence-electron chi connectivity index (χ4n) is 2.66. The van der Waals surface area contributed by atoms with Crippen LogP contribution >= 0.6 is 0 Å². The molecule has 3 rings (SSSR count). The molecule has 0 aliphatic rings. The fraction of sp³-hybridized carbons (Fsp3) is 0.0952. The Labute approximate surface area is 157 Å². The van der Waals surface area contributed by atoms with Crippen LogP contribution in [0.3, 0.4) is 0 Å². The maximum atomic E-state index is 11.9. The number of benzene rings is 3. The summed E-state index contributed by atoms with van der Waals surface area (Å²) in [5.74, 6) is 0. The van der Waals surface area contributed by atoms with Crippen LogP contribution in [0.15, 0.2) is 78.9 Å².